The van der Waals surface area contributed by atoms with Gasteiger partial charge < -0.3 is 24.4 Å². The molecule has 0 amide bonds. The molecule has 0 aromatic rings. The topological polar surface area (TPSA) is 136 Å². The van der Waals surface area contributed by atoms with Crippen LogP contribution < -0.4 is 0 Å². The molecule has 0 spiro atoms. The van der Waals surface area contributed by atoms with Gasteiger partial charge in [-0.1, -0.05) is 40.2 Å². The predicted octanol–water partition coefficient (Wildman–Crippen LogP) is 2.99. The van der Waals surface area contributed by atoms with Crippen molar-refractivity contribution in [3.05, 3.63) is 50.6 Å². The molecule has 0 radical (unpaired) electrons. The van der Waals surface area contributed by atoms with E-state index in [1.54, 1.807) is 0 Å². The molecule has 0 saturated heterocycles. The van der Waals surface area contributed by atoms with E-state index < -0.39 is 18.0 Å². The van der Waals surface area contributed by atoms with Crippen LogP contribution in [0, 0.1) is 0 Å². The van der Waals surface area contributed by atoms with Gasteiger partial charge in [-0.25, -0.2) is 19.2 Å². The summed E-state index contributed by atoms with van der Waals surface area (Å²) in [5.41, 5.74) is 0. The minimum Gasteiger partial charge on any atom is -0.478 e. The Morgan fingerprint density at radius 1 is 0.839 bits per heavy atom. The van der Waals surface area contributed by atoms with Crippen molar-refractivity contribution in [3.8, 4) is 0 Å². The Bertz CT molecular complexity index is 551. The number of aliphatic hydroxyl groups is 1. The maximum absolute atomic E-state index is 10.4. The van der Waals surface area contributed by atoms with Gasteiger partial charge in [0, 0.05) is 24.3 Å². The number of aliphatic hydroxyl groups excluding tert-OH is 1. The predicted molar refractivity (Wildman–Crippen MR) is 118 cm³/mol. The number of carboxylic acid groups (broad SMARTS) is 1. The Morgan fingerprint density at radius 2 is 1.26 bits per heavy atom. The summed E-state index contributed by atoms with van der Waals surface area (Å²) >= 11 is 0. The summed E-state index contributed by atoms with van der Waals surface area (Å²) in [6, 6.07) is 0. The van der Waals surface area contributed by atoms with Crippen molar-refractivity contribution in [2.75, 3.05) is 13.2 Å². The number of hydrogen-bond acceptors (Lipinski definition) is 8. The lowest BCUT2D eigenvalue weighted by Crippen LogP contribution is -2.13. The molecule has 0 aromatic carbocycles. The highest BCUT2D eigenvalue weighted by Gasteiger charge is 2.01. The number of esters is 3. The van der Waals surface area contributed by atoms with E-state index in [0.29, 0.717) is 6.61 Å². The molecule has 0 fully saturated rings. The van der Waals surface area contributed by atoms with Crippen LogP contribution in [0.25, 0.3) is 0 Å². The molecular weight excluding hydrogens is 408 g/mol. The van der Waals surface area contributed by atoms with Crippen LogP contribution >= 0.6 is 0 Å². The first kappa shape index (κ1) is 35.3. The van der Waals surface area contributed by atoms with Crippen LogP contribution in [0.3, 0.4) is 0 Å². The van der Waals surface area contributed by atoms with Crippen molar-refractivity contribution in [1.82, 2.24) is 0 Å². The van der Waals surface area contributed by atoms with Crippen LogP contribution in [-0.2, 0) is 33.4 Å². The van der Waals surface area contributed by atoms with Crippen LogP contribution in [0.15, 0.2) is 50.6 Å². The van der Waals surface area contributed by atoms with Gasteiger partial charge in [-0.05, 0) is 26.7 Å². The summed E-state index contributed by atoms with van der Waals surface area (Å²) < 4.78 is 13.8. The highest BCUT2D eigenvalue weighted by atomic mass is 16.5. The van der Waals surface area contributed by atoms with Crippen molar-refractivity contribution in [2.24, 2.45) is 0 Å². The summed E-state index contributed by atoms with van der Waals surface area (Å²) in [5, 5.41) is 16.2. The molecule has 0 aromatic heterocycles. The van der Waals surface area contributed by atoms with E-state index in [1.165, 1.54) is 13.0 Å². The normalized spacial score (nSPS) is 10.2. The molecule has 0 aliphatic carbocycles. The summed E-state index contributed by atoms with van der Waals surface area (Å²) in [6.45, 7) is 20.5. The molecule has 0 aliphatic heterocycles. The molecule has 9 heteroatoms. The Morgan fingerprint density at radius 3 is 1.55 bits per heavy atom. The highest BCUT2D eigenvalue weighted by molar-refractivity contribution is 5.81. The third kappa shape index (κ3) is 42.0. The van der Waals surface area contributed by atoms with Crippen molar-refractivity contribution in [1.29, 1.82) is 0 Å². The van der Waals surface area contributed by atoms with E-state index in [9.17, 15) is 19.2 Å². The fourth-order valence-corrected chi connectivity index (χ4v) is 0.853. The fraction of sp³-hybridized carbons (Fsp3) is 0.455. The average molecular weight is 445 g/mol. The minimum atomic E-state index is -0.981. The van der Waals surface area contributed by atoms with Crippen LogP contribution in [0.2, 0.25) is 0 Å². The van der Waals surface area contributed by atoms with Gasteiger partial charge in [0.15, 0.2) is 0 Å². The monoisotopic (exact) mass is 444 g/mol. The van der Waals surface area contributed by atoms with E-state index in [2.05, 4.69) is 35.8 Å². The van der Waals surface area contributed by atoms with Crippen molar-refractivity contribution in [3.63, 3.8) is 0 Å². The fourth-order valence-electron chi connectivity index (χ4n) is 0.853. The largest absolute Gasteiger partial charge is 0.478 e. The number of aliphatic carboxylic acids is 1. The molecule has 31 heavy (non-hydrogen) atoms. The minimum absolute atomic E-state index is 0.00972. The first-order valence-electron chi connectivity index (χ1n) is 9.40. The molecule has 0 heterocycles. The molecule has 0 bridgehead atoms. The van der Waals surface area contributed by atoms with Crippen LogP contribution in [0.5, 0.6) is 0 Å². The van der Waals surface area contributed by atoms with Gasteiger partial charge in [0.05, 0.1) is 18.8 Å². The van der Waals surface area contributed by atoms with Gasteiger partial charge in [-0.15, -0.1) is 0 Å². The molecule has 2 atom stereocenters. The number of carboxylic acids is 1. The van der Waals surface area contributed by atoms with Crippen LogP contribution in [0.4, 0.5) is 0 Å². The van der Waals surface area contributed by atoms with Gasteiger partial charge in [-0.3, -0.25) is 0 Å². The van der Waals surface area contributed by atoms with E-state index in [1.807, 2.05) is 20.8 Å². The summed E-state index contributed by atoms with van der Waals surface area (Å²) in [4.78, 5) is 40.2. The Hall–Kier alpha value is -3.20. The van der Waals surface area contributed by atoms with Gasteiger partial charge in [0.1, 0.15) is 6.61 Å². The standard InChI is InChI=1S/C7H12O2.C6H10O3.C6H10O2.C3H4O2/c1-4-6(3)9-7(8)5-2;1-3-6(8)9-4-5(2)7;1-3-5-8-6(7)4-2;1-2-3(4)5/h5-6H,2,4H2,1,3H3;3,5,7H,1,4H2,2H3;4H,2-3,5H2,1H3;2H,1H2,(H,4,5). The third-order valence-corrected chi connectivity index (χ3v) is 2.48. The SMILES string of the molecule is C=CC(=O)O.C=CC(=O)OC(C)CC.C=CC(=O)OCC(C)O.C=CC(=O)OCCC. The van der Waals surface area contributed by atoms with Crippen molar-refractivity contribution < 1.29 is 43.6 Å². The molecule has 178 valence electrons. The Labute approximate surface area is 184 Å². The van der Waals surface area contributed by atoms with E-state index in [4.69, 9.17) is 14.9 Å². The lowest BCUT2D eigenvalue weighted by molar-refractivity contribution is -0.142. The second kappa shape index (κ2) is 26.8. The molecule has 0 rings (SSSR count). The number of hydrogen-bond donors (Lipinski definition) is 2. The summed E-state index contributed by atoms with van der Waals surface area (Å²) in [5.74, 6) is -2.17. The van der Waals surface area contributed by atoms with E-state index >= 15 is 0 Å². The molecule has 9 nitrogen and oxygen atoms in total. The lowest BCUT2D eigenvalue weighted by Gasteiger charge is -2.07. The van der Waals surface area contributed by atoms with E-state index in [0.717, 1.165) is 31.1 Å². The van der Waals surface area contributed by atoms with Crippen LogP contribution in [-0.4, -0.2) is 59.5 Å². The average Bonchev–Trinajstić information content (AvgIpc) is 2.76. The second-order valence-electron chi connectivity index (χ2n) is 5.46. The van der Waals surface area contributed by atoms with E-state index in [-0.39, 0.29) is 24.6 Å². The van der Waals surface area contributed by atoms with Crippen molar-refractivity contribution >= 4 is 23.9 Å². The van der Waals surface area contributed by atoms with Gasteiger partial charge in [0.25, 0.3) is 0 Å². The number of ether oxygens (including phenoxy) is 3. The maximum atomic E-state index is 10.4. The zero-order valence-corrected chi connectivity index (χ0v) is 18.9. The smallest absolute Gasteiger partial charge is 0.330 e. The lowest BCUT2D eigenvalue weighted by atomic mass is 10.3. The zero-order chi connectivity index (χ0) is 25.2. The molecule has 2 unspecified atom stereocenters. The van der Waals surface area contributed by atoms with Gasteiger partial charge in [-0.2, -0.15) is 0 Å². The first-order chi connectivity index (χ1) is 14.4. The molecule has 2 N–H and O–H groups in total. The van der Waals surface area contributed by atoms with Crippen molar-refractivity contribution in [2.45, 2.75) is 52.7 Å². The van der Waals surface area contributed by atoms with Gasteiger partial charge >= 0.3 is 23.9 Å². The van der Waals surface area contributed by atoms with Crippen LogP contribution in [0.1, 0.15) is 40.5 Å². The molecule has 0 aliphatic rings. The zero-order valence-electron chi connectivity index (χ0n) is 18.9. The third-order valence-electron chi connectivity index (χ3n) is 2.48. The first-order valence-corrected chi connectivity index (χ1v) is 9.40. The highest BCUT2D eigenvalue weighted by Crippen LogP contribution is 1.95. The molecule has 0 saturated carbocycles. The quantitative estimate of drug-likeness (QED) is 0.296. The Kier molecular flexibility index (Phi) is 30.5. The number of carbonyl (C=O) groups is 4. The maximum Gasteiger partial charge on any atom is 0.330 e. The summed E-state index contributed by atoms with van der Waals surface area (Å²) in [6.07, 6.45) is 5.34. The summed E-state index contributed by atoms with van der Waals surface area (Å²) in [7, 11) is 0. The number of carbonyl (C=O) groups excluding carboxylic acids is 3. The molecular formula is C22H36O9. The Balaban J connectivity index is -0.000000160. The second-order valence-corrected chi connectivity index (χ2v) is 5.46. The van der Waals surface area contributed by atoms with Gasteiger partial charge in [0.2, 0.25) is 0 Å². The number of rotatable bonds is 10.